The molecule has 0 unspecified atom stereocenters. The van der Waals surface area contributed by atoms with Gasteiger partial charge in [-0.25, -0.2) is 0 Å². The predicted octanol–water partition coefficient (Wildman–Crippen LogP) is 1.95. The highest BCUT2D eigenvalue weighted by Gasteiger charge is 2.34. The summed E-state index contributed by atoms with van der Waals surface area (Å²) in [5.41, 5.74) is 0.960. The summed E-state index contributed by atoms with van der Waals surface area (Å²) < 4.78 is 0. The van der Waals surface area contributed by atoms with Crippen LogP contribution in [-0.2, 0) is 9.59 Å². The minimum absolute atomic E-state index is 0.0126. The molecule has 0 bridgehead atoms. The molecule has 2 fully saturated rings. The molecule has 0 spiro atoms. The smallest absolute Gasteiger partial charge is 0.243 e. The second-order valence-electron chi connectivity index (χ2n) is 7.68. The number of hydrogen-bond acceptors (Lipinski definition) is 5. The van der Waals surface area contributed by atoms with E-state index in [2.05, 4.69) is 20.7 Å². The monoisotopic (exact) mass is 382 g/mol. The first-order valence-corrected chi connectivity index (χ1v) is 10.0. The van der Waals surface area contributed by atoms with Crippen molar-refractivity contribution >= 4 is 11.8 Å². The summed E-state index contributed by atoms with van der Waals surface area (Å²) >= 11 is 0. The third-order valence-corrected chi connectivity index (χ3v) is 5.79. The molecule has 1 aromatic carbocycles. The van der Waals surface area contributed by atoms with E-state index in [4.69, 9.17) is 0 Å². The SMILES string of the molecule is CC(=O)N1CCC[C@H]1C(=O)NC1CCC(n2nnc(-c3ccccc3)n2)CC1. The average molecular weight is 382 g/mol. The fraction of sp³-hybridized carbons (Fsp3) is 0.550. The maximum Gasteiger partial charge on any atom is 0.243 e. The first kappa shape index (κ1) is 18.6. The van der Waals surface area contributed by atoms with Crippen LogP contribution in [0.15, 0.2) is 30.3 Å². The van der Waals surface area contributed by atoms with Crippen molar-refractivity contribution in [1.29, 1.82) is 0 Å². The molecule has 1 saturated heterocycles. The van der Waals surface area contributed by atoms with Gasteiger partial charge in [0.15, 0.2) is 0 Å². The zero-order valence-corrected chi connectivity index (χ0v) is 16.1. The Morgan fingerprint density at radius 2 is 1.82 bits per heavy atom. The number of benzene rings is 1. The summed E-state index contributed by atoms with van der Waals surface area (Å²) in [5, 5.41) is 16.1. The van der Waals surface area contributed by atoms with Crippen LogP contribution < -0.4 is 5.32 Å². The van der Waals surface area contributed by atoms with E-state index in [1.54, 1.807) is 9.70 Å². The van der Waals surface area contributed by atoms with Gasteiger partial charge in [0.1, 0.15) is 6.04 Å². The fourth-order valence-electron chi connectivity index (χ4n) is 4.25. The molecule has 1 aliphatic carbocycles. The zero-order chi connectivity index (χ0) is 19.5. The Labute approximate surface area is 164 Å². The lowest BCUT2D eigenvalue weighted by atomic mass is 9.91. The standard InChI is InChI=1S/C20H26N6O2/c1-14(27)25-13-5-8-18(25)20(28)21-16-9-11-17(12-10-16)26-23-19(22-24-26)15-6-3-2-4-7-15/h2-4,6-7,16-18H,5,8-13H2,1H3,(H,21,28)/t16?,17?,18-/m0/s1. The van der Waals surface area contributed by atoms with E-state index in [-0.39, 0.29) is 29.9 Å². The normalized spacial score (nSPS) is 24.9. The maximum absolute atomic E-state index is 12.6. The fourth-order valence-corrected chi connectivity index (χ4v) is 4.25. The van der Waals surface area contributed by atoms with E-state index >= 15 is 0 Å². The van der Waals surface area contributed by atoms with Crippen LogP contribution in [0.5, 0.6) is 0 Å². The zero-order valence-electron chi connectivity index (χ0n) is 16.1. The quantitative estimate of drug-likeness (QED) is 0.872. The number of likely N-dealkylation sites (tertiary alicyclic amines) is 1. The molecule has 1 aromatic heterocycles. The molecule has 4 rings (SSSR count). The largest absolute Gasteiger partial charge is 0.352 e. The average Bonchev–Trinajstić information content (AvgIpc) is 3.39. The van der Waals surface area contributed by atoms with Crippen molar-refractivity contribution in [3.8, 4) is 11.4 Å². The molecule has 2 aromatic rings. The van der Waals surface area contributed by atoms with Crippen LogP contribution in [-0.4, -0.2) is 55.5 Å². The van der Waals surface area contributed by atoms with Crippen molar-refractivity contribution in [1.82, 2.24) is 30.4 Å². The van der Waals surface area contributed by atoms with Gasteiger partial charge in [-0.05, 0) is 43.7 Å². The number of nitrogens with zero attached hydrogens (tertiary/aromatic N) is 5. The first-order chi connectivity index (χ1) is 13.6. The van der Waals surface area contributed by atoms with Crippen LogP contribution in [0.3, 0.4) is 0 Å². The number of hydrogen-bond donors (Lipinski definition) is 1. The molecule has 1 atom stereocenters. The summed E-state index contributed by atoms with van der Waals surface area (Å²) in [6, 6.07) is 9.88. The minimum atomic E-state index is -0.305. The van der Waals surface area contributed by atoms with Gasteiger partial charge in [0.2, 0.25) is 17.6 Å². The van der Waals surface area contributed by atoms with Crippen LogP contribution in [0.2, 0.25) is 0 Å². The number of carbonyl (C=O) groups excluding carboxylic acids is 2. The molecule has 2 amide bonds. The van der Waals surface area contributed by atoms with E-state index in [1.807, 2.05) is 30.3 Å². The lowest BCUT2D eigenvalue weighted by Gasteiger charge is -2.30. The topological polar surface area (TPSA) is 93.0 Å². The van der Waals surface area contributed by atoms with Crippen molar-refractivity contribution in [2.75, 3.05) is 6.54 Å². The van der Waals surface area contributed by atoms with Crippen molar-refractivity contribution in [3.63, 3.8) is 0 Å². The Kier molecular flexibility index (Phi) is 5.36. The molecule has 1 N–H and O–H groups in total. The van der Waals surface area contributed by atoms with Gasteiger partial charge in [0, 0.05) is 25.1 Å². The number of rotatable bonds is 4. The number of aromatic nitrogens is 4. The predicted molar refractivity (Wildman–Crippen MR) is 103 cm³/mol. The Morgan fingerprint density at radius 3 is 2.54 bits per heavy atom. The number of nitrogens with one attached hydrogen (secondary N) is 1. The van der Waals surface area contributed by atoms with Crippen molar-refractivity contribution in [3.05, 3.63) is 30.3 Å². The Hall–Kier alpha value is -2.77. The van der Waals surface area contributed by atoms with Crippen molar-refractivity contribution in [2.45, 2.75) is 63.6 Å². The Balaban J connectivity index is 1.31. The molecule has 8 nitrogen and oxygen atoms in total. The van der Waals surface area contributed by atoms with Crippen molar-refractivity contribution < 1.29 is 9.59 Å². The van der Waals surface area contributed by atoms with Gasteiger partial charge in [-0.3, -0.25) is 9.59 Å². The van der Waals surface area contributed by atoms with E-state index in [1.165, 1.54) is 6.92 Å². The number of carbonyl (C=O) groups is 2. The van der Waals surface area contributed by atoms with Gasteiger partial charge in [-0.2, -0.15) is 4.80 Å². The van der Waals surface area contributed by atoms with E-state index in [0.29, 0.717) is 12.4 Å². The van der Waals surface area contributed by atoms with Gasteiger partial charge in [-0.15, -0.1) is 10.2 Å². The first-order valence-electron chi connectivity index (χ1n) is 10.0. The second kappa shape index (κ2) is 8.08. The van der Waals surface area contributed by atoms with Gasteiger partial charge < -0.3 is 10.2 Å². The van der Waals surface area contributed by atoms with E-state index in [9.17, 15) is 9.59 Å². The minimum Gasteiger partial charge on any atom is -0.352 e. The summed E-state index contributed by atoms with van der Waals surface area (Å²) in [7, 11) is 0. The van der Waals surface area contributed by atoms with Crippen LogP contribution in [0, 0.1) is 0 Å². The van der Waals surface area contributed by atoms with Gasteiger partial charge >= 0.3 is 0 Å². The number of amides is 2. The molecule has 2 aliphatic rings. The van der Waals surface area contributed by atoms with E-state index in [0.717, 1.165) is 44.1 Å². The molecule has 148 valence electrons. The van der Waals surface area contributed by atoms with Crippen LogP contribution in [0.4, 0.5) is 0 Å². The lowest BCUT2D eigenvalue weighted by Crippen LogP contribution is -2.49. The molecule has 1 saturated carbocycles. The highest BCUT2D eigenvalue weighted by Crippen LogP contribution is 2.28. The van der Waals surface area contributed by atoms with Crippen LogP contribution in [0.1, 0.15) is 51.5 Å². The highest BCUT2D eigenvalue weighted by atomic mass is 16.2. The molecule has 1 aliphatic heterocycles. The molecular weight excluding hydrogens is 356 g/mol. The summed E-state index contributed by atoms with van der Waals surface area (Å²) in [6.45, 7) is 2.22. The molecule has 8 heteroatoms. The van der Waals surface area contributed by atoms with Gasteiger partial charge in [0.05, 0.1) is 6.04 Å². The number of tetrazole rings is 1. The summed E-state index contributed by atoms with van der Waals surface area (Å²) in [6.07, 6.45) is 5.21. The molecule has 2 heterocycles. The van der Waals surface area contributed by atoms with E-state index < -0.39 is 0 Å². The Bertz CT molecular complexity index is 828. The molecule has 0 radical (unpaired) electrons. The molecule has 28 heavy (non-hydrogen) atoms. The van der Waals surface area contributed by atoms with Gasteiger partial charge in [-0.1, -0.05) is 30.3 Å². The third-order valence-electron chi connectivity index (χ3n) is 5.79. The highest BCUT2D eigenvalue weighted by molar-refractivity contribution is 5.87. The Morgan fingerprint density at radius 1 is 1.07 bits per heavy atom. The maximum atomic E-state index is 12.6. The van der Waals surface area contributed by atoms with Crippen molar-refractivity contribution in [2.24, 2.45) is 0 Å². The molecular formula is C20H26N6O2. The third kappa shape index (κ3) is 3.90. The van der Waals surface area contributed by atoms with Crippen LogP contribution >= 0.6 is 0 Å². The summed E-state index contributed by atoms with van der Waals surface area (Å²) in [5.74, 6) is 0.607. The second-order valence-corrected chi connectivity index (χ2v) is 7.68. The van der Waals surface area contributed by atoms with Gasteiger partial charge in [0.25, 0.3) is 0 Å². The lowest BCUT2D eigenvalue weighted by molar-refractivity contribution is -0.137. The summed E-state index contributed by atoms with van der Waals surface area (Å²) in [4.78, 5) is 27.7. The van der Waals surface area contributed by atoms with Crippen LogP contribution in [0.25, 0.3) is 11.4 Å².